The number of rotatable bonds is 5. The Kier molecular flexibility index (Phi) is 5.86. The van der Waals surface area contributed by atoms with Crippen molar-refractivity contribution in [3.05, 3.63) is 35.7 Å². The quantitative estimate of drug-likeness (QED) is 0.763. The van der Waals surface area contributed by atoms with Gasteiger partial charge in [0.25, 0.3) is 10.2 Å². The molecule has 0 bridgehead atoms. The number of aryl methyl sites for hydroxylation is 1. The van der Waals surface area contributed by atoms with E-state index in [1.807, 2.05) is 13.0 Å². The summed E-state index contributed by atoms with van der Waals surface area (Å²) in [5, 5.41) is 0. The van der Waals surface area contributed by atoms with Crippen LogP contribution in [-0.4, -0.2) is 50.4 Å². The largest absolute Gasteiger partial charge is 0.339 e. The molecule has 1 aliphatic heterocycles. The van der Waals surface area contributed by atoms with E-state index in [9.17, 15) is 13.2 Å². The fourth-order valence-corrected chi connectivity index (χ4v) is 3.23. The number of nitrogens with one attached hydrogen (secondary N) is 2. The van der Waals surface area contributed by atoms with E-state index in [0.29, 0.717) is 25.9 Å². The van der Waals surface area contributed by atoms with Gasteiger partial charge in [0.1, 0.15) is 0 Å². The van der Waals surface area contributed by atoms with Gasteiger partial charge in [0.05, 0.1) is 0 Å². The molecule has 0 unspecified atom stereocenters. The van der Waals surface area contributed by atoms with E-state index in [0.717, 1.165) is 11.1 Å². The highest BCUT2D eigenvalue weighted by Crippen LogP contribution is 2.12. The maximum atomic E-state index is 12.2. The third-order valence-electron chi connectivity index (χ3n) is 3.71. The number of pyridine rings is 1. The molecule has 0 radical (unpaired) electrons. The number of piperidine rings is 1. The Morgan fingerprint density at radius 1 is 1.35 bits per heavy atom. The minimum atomic E-state index is -3.43. The zero-order valence-corrected chi connectivity index (χ0v) is 14.1. The number of hydrogen-bond acceptors (Lipinski definition) is 4. The lowest BCUT2D eigenvalue weighted by atomic mass is 10.1. The Balaban J connectivity index is 1.86. The predicted molar refractivity (Wildman–Crippen MR) is 88.7 cm³/mol. The van der Waals surface area contributed by atoms with E-state index < -0.39 is 10.2 Å². The zero-order valence-electron chi connectivity index (χ0n) is 13.3. The van der Waals surface area contributed by atoms with Crippen LogP contribution in [0.3, 0.4) is 0 Å². The number of carbonyl (C=O) groups excluding carboxylic acids is 1. The molecule has 0 aliphatic carbocycles. The Morgan fingerprint density at radius 3 is 2.65 bits per heavy atom. The number of likely N-dealkylation sites (tertiary alicyclic amines) is 1. The SMILES string of the molecule is CNS(=O)(=O)NC1CCN(C(=O)/C=C/c2cncc(C)c2)CC1. The highest BCUT2D eigenvalue weighted by Gasteiger charge is 2.24. The lowest BCUT2D eigenvalue weighted by molar-refractivity contribution is -0.126. The first-order valence-corrected chi connectivity index (χ1v) is 8.97. The molecule has 1 amide bonds. The van der Waals surface area contributed by atoms with Crippen molar-refractivity contribution in [3.8, 4) is 0 Å². The third-order valence-corrected chi connectivity index (χ3v) is 4.89. The van der Waals surface area contributed by atoms with Gasteiger partial charge in [-0.25, -0.2) is 4.72 Å². The molecule has 1 fully saturated rings. The summed E-state index contributed by atoms with van der Waals surface area (Å²) < 4.78 is 27.7. The van der Waals surface area contributed by atoms with Gasteiger partial charge in [-0.3, -0.25) is 9.78 Å². The molecule has 2 rings (SSSR count). The minimum Gasteiger partial charge on any atom is -0.339 e. The van der Waals surface area contributed by atoms with Crippen molar-refractivity contribution in [1.82, 2.24) is 19.3 Å². The summed E-state index contributed by atoms with van der Waals surface area (Å²) in [5.41, 5.74) is 1.92. The van der Waals surface area contributed by atoms with Crippen LogP contribution in [0.15, 0.2) is 24.5 Å². The number of amides is 1. The van der Waals surface area contributed by atoms with Crippen molar-refractivity contribution < 1.29 is 13.2 Å². The molecule has 1 aromatic heterocycles. The van der Waals surface area contributed by atoms with Crippen LogP contribution in [-0.2, 0) is 15.0 Å². The summed E-state index contributed by atoms with van der Waals surface area (Å²) in [4.78, 5) is 18.0. The van der Waals surface area contributed by atoms with E-state index in [-0.39, 0.29) is 11.9 Å². The third kappa shape index (κ3) is 5.42. The van der Waals surface area contributed by atoms with E-state index in [4.69, 9.17) is 0 Å². The van der Waals surface area contributed by atoms with Crippen LogP contribution in [0.25, 0.3) is 6.08 Å². The Hall–Kier alpha value is -1.77. The predicted octanol–water partition coefficient (Wildman–Crippen LogP) is 0.448. The van der Waals surface area contributed by atoms with Crippen molar-refractivity contribution in [2.75, 3.05) is 20.1 Å². The molecular weight excluding hydrogens is 316 g/mol. The van der Waals surface area contributed by atoms with Crippen LogP contribution in [0.1, 0.15) is 24.0 Å². The Bertz CT molecular complexity index is 680. The van der Waals surface area contributed by atoms with Gasteiger partial charge in [-0.1, -0.05) is 0 Å². The van der Waals surface area contributed by atoms with Gasteiger partial charge in [-0.2, -0.15) is 13.1 Å². The Labute approximate surface area is 137 Å². The molecule has 2 heterocycles. The molecule has 1 saturated heterocycles. The van der Waals surface area contributed by atoms with Gasteiger partial charge in [0.15, 0.2) is 0 Å². The molecule has 0 spiro atoms. The standard InChI is InChI=1S/C15H22N4O3S/c1-12-9-13(11-17-10-12)3-4-15(20)19-7-5-14(6-8-19)18-23(21,22)16-2/h3-4,9-11,14,16,18H,5-8H2,1-2H3/b4-3+. The van der Waals surface area contributed by atoms with E-state index in [2.05, 4.69) is 14.4 Å². The summed E-state index contributed by atoms with van der Waals surface area (Å²) >= 11 is 0. The van der Waals surface area contributed by atoms with Gasteiger partial charge in [0, 0.05) is 44.6 Å². The first-order valence-electron chi connectivity index (χ1n) is 7.49. The van der Waals surface area contributed by atoms with Gasteiger partial charge in [-0.15, -0.1) is 0 Å². The first-order chi connectivity index (χ1) is 10.9. The molecule has 0 atom stereocenters. The van der Waals surface area contributed by atoms with E-state index in [1.165, 1.54) is 13.1 Å². The average Bonchev–Trinajstić information content (AvgIpc) is 2.53. The van der Waals surface area contributed by atoms with Crippen molar-refractivity contribution in [2.24, 2.45) is 0 Å². The molecule has 2 N–H and O–H groups in total. The van der Waals surface area contributed by atoms with Crippen molar-refractivity contribution in [1.29, 1.82) is 0 Å². The summed E-state index contributed by atoms with van der Waals surface area (Å²) in [7, 11) is -2.06. The number of hydrogen-bond donors (Lipinski definition) is 2. The molecule has 1 aliphatic rings. The molecule has 0 aromatic carbocycles. The van der Waals surface area contributed by atoms with Crippen LogP contribution in [0.2, 0.25) is 0 Å². The van der Waals surface area contributed by atoms with Crippen molar-refractivity contribution >= 4 is 22.2 Å². The fourth-order valence-electron chi connectivity index (χ4n) is 2.44. The molecule has 1 aromatic rings. The van der Waals surface area contributed by atoms with Gasteiger partial charge >= 0.3 is 0 Å². The molecule has 0 saturated carbocycles. The number of nitrogens with zero attached hydrogens (tertiary/aromatic N) is 2. The minimum absolute atomic E-state index is 0.0681. The molecule has 7 nitrogen and oxygen atoms in total. The summed E-state index contributed by atoms with van der Waals surface area (Å²) in [6.45, 7) is 3.02. The molecule has 126 valence electrons. The maximum Gasteiger partial charge on any atom is 0.276 e. The van der Waals surface area contributed by atoms with Crippen LogP contribution >= 0.6 is 0 Å². The van der Waals surface area contributed by atoms with Crippen LogP contribution < -0.4 is 9.44 Å². The summed E-state index contributed by atoms with van der Waals surface area (Å²) in [6.07, 6.45) is 7.96. The second-order valence-corrected chi connectivity index (χ2v) is 7.20. The van der Waals surface area contributed by atoms with Crippen LogP contribution in [0.5, 0.6) is 0 Å². The molecule has 23 heavy (non-hydrogen) atoms. The van der Waals surface area contributed by atoms with Gasteiger partial charge in [-0.05, 0) is 43.0 Å². The second-order valence-electron chi connectivity index (χ2n) is 5.55. The van der Waals surface area contributed by atoms with Crippen molar-refractivity contribution in [3.63, 3.8) is 0 Å². The smallest absolute Gasteiger partial charge is 0.276 e. The molecular formula is C15H22N4O3S. The second kappa shape index (κ2) is 7.67. The van der Waals surface area contributed by atoms with Crippen LogP contribution in [0, 0.1) is 6.92 Å². The van der Waals surface area contributed by atoms with Crippen molar-refractivity contribution in [2.45, 2.75) is 25.8 Å². The monoisotopic (exact) mass is 338 g/mol. The zero-order chi connectivity index (χ0) is 16.9. The summed E-state index contributed by atoms with van der Waals surface area (Å²) in [6, 6.07) is 1.82. The van der Waals surface area contributed by atoms with E-state index in [1.54, 1.807) is 23.4 Å². The highest BCUT2D eigenvalue weighted by molar-refractivity contribution is 7.87. The van der Waals surface area contributed by atoms with Gasteiger partial charge < -0.3 is 4.90 Å². The average molecular weight is 338 g/mol. The lowest BCUT2D eigenvalue weighted by Gasteiger charge is -2.31. The maximum absolute atomic E-state index is 12.2. The lowest BCUT2D eigenvalue weighted by Crippen LogP contribution is -2.48. The number of carbonyl (C=O) groups is 1. The Morgan fingerprint density at radius 2 is 2.04 bits per heavy atom. The van der Waals surface area contributed by atoms with Gasteiger partial charge in [0.2, 0.25) is 5.91 Å². The normalized spacial score (nSPS) is 16.9. The summed E-state index contributed by atoms with van der Waals surface area (Å²) in [5.74, 6) is -0.0681. The fraction of sp³-hybridized carbons (Fsp3) is 0.467. The number of aromatic nitrogens is 1. The van der Waals surface area contributed by atoms with Crippen LogP contribution in [0.4, 0.5) is 0 Å². The topological polar surface area (TPSA) is 91.4 Å². The highest BCUT2D eigenvalue weighted by atomic mass is 32.2. The molecule has 8 heteroatoms. The van der Waals surface area contributed by atoms with E-state index >= 15 is 0 Å². The first kappa shape index (κ1) is 17.6.